The lowest BCUT2D eigenvalue weighted by Crippen LogP contribution is -2.23. The van der Waals surface area contributed by atoms with Crippen molar-refractivity contribution in [3.8, 4) is 33.2 Å². The average Bonchev–Trinajstić information content (AvgIpc) is 3.61. The maximum absolute atomic E-state index is 15.1. The van der Waals surface area contributed by atoms with E-state index in [9.17, 15) is 4.79 Å². The van der Waals surface area contributed by atoms with Gasteiger partial charge in [0.1, 0.15) is 17.3 Å². The Kier molecular flexibility index (Phi) is 7.73. The number of aryl methyl sites for hydroxylation is 1. The van der Waals surface area contributed by atoms with Crippen molar-refractivity contribution in [3.63, 3.8) is 0 Å². The number of urea groups is 1. The summed E-state index contributed by atoms with van der Waals surface area (Å²) in [5.74, 6) is 0.498. The summed E-state index contributed by atoms with van der Waals surface area (Å²) in [5.41, 5.74) is 5.99. The summed E-state index contributed by atoms with van der Waals surface area (Å²) in [7, 11) is 1.83. The molecule has 1 aliphatic rings. The smallest absolute Gasteiger partial charge is 0.323 e. The minimum Gasteiger partial charge on any atom is -0.457 e. The number of halogens is 1. The number of aromatic nitrogens is 3. The van der Waals surface area contributed by atoms with E-state index < -0.39 is 11.8 Å². The maximum Gasteiger partial charge on any atom is 0.323 e. The molecule has 5 aromatic rings. The van der Waals surface area contributed by atoms with Crippen LogP contribution >= 0.6 is 11.3 Å². The first-order valence-electron chi connectivity index (χ1n) is 13.8. The first-order valence-corrected chi connectivity index (χ1v) is 14.6. The van der Waals surface area contributed by atoms with Gasteiger partial charge in [-0.25, -0.2) is 9.18 Å². The van der Waals surface area contributed by atoms with Gasteiger partial charge in [-0.05, 0) is 65.9 Å². The second-order valence-electron chi connectivity index (χ2n) is 10.6. The summed E-state index contributed by atoms with van der Waals surface area (Å²) < 4.78 is 22.6. The van der Waals surface area contributed by atoms with Gasteiger partial charge in [0.2, 0.25) is 0 Å². The van der Waals surface area contributed by atoms with Gasteiger partial charge in [-0.1, -0.05) is 26.0 Å². The maximum atomic E-state index is 15.1. The van der Waals surface area contributed by atoms with E-state index in [-0.39, 0.29) is 5.69 Å². The van der Waals surface area contributed by atoms with Crippen molar-refractivity contribution in [2.24, 2.45) is 7.05 Å². The Balaban J connectivity index is 1.16. The van der Waals surface area contributed by atoms with Crippen molar-refractivity contribution < 1.29 is 13.9 Å². The first kappa shape index (κ1) is 27.6. The molecule has 0 saturated heterocycles. The molecule has 0 unspecified atom stereocenters. The lowest BCUT2D eigenvalue weighted by molar-refractivity contribution is 0.262. The van der Waals surface area contributed by atoms with Gasteiger partial charge in [0.05, 0.1) is 28.1 Å². The van der Waals surface area contributed by atoms with E-state index in [0.29, 0.717) is 28.8 Å². The van der Waals surface area contributed by atoms with Crippen LogP contribution in [0.5, 0.6) is 11.5 Å². The number of anilines is 2. The van der Waals surface area contributed by atoms with Crippen LogP contribution in [0.2, 0.25) is 0 Å². The van der Waals surface area contributed by atoms with Crippen LogP contribution in [0.4, 0.5) is 20.6 Å². The molecule has 6 rings (SSSR count). The SMILES string of the molecule is CC(C)c1cc(NC(=O)Nc2ccc(Oc3ccnc(-c4cnn(C)c4)c3)cc2F)c(-c2ccc3c(c2)CCNC3)s1. The van der Waals surface area contributed by atoms with Gasteiger partial charge in [0, 0.05) is 48.6 Å². The van der Waals surface area contributed by atoms with E-state index in [2.05, 4.69) is 58.1 Å². The Morgan fingerprint density at radius 2 is 1.86 bits per heavy atom. The number of benzene rings is 2. The van der Waals surface area contributed by atoms with Crippen molar-refractivity contribution >= 4 is 28.7 Å². The van der Waals surface area contributed by atoms with Gasteiger partial charge >= 0.3 is 6.03 Å². The van der Waals surface area contributed by atoms with E-state index >= 15 is 4.39 Å². The highest BCUT2D eigenvalue weighted by Gasteiger charge is 2.18. The molecule has 214 valence electrons. The molecule has 4 heterocycles. The highest BCUT2D eigenvalue weighted by molar-refractivity contribution is 7.16. The van der Waals surface area contributed by atoms with Gasteiger partial charge < -0.3 is 20.7 Å². The van der Waals surface area contributed by atoms with Crippen LogP contribution in [0.15, 0.2) is 73.2 Å². The molecule has 0 bridgehead atoms. The number of rotatable bonds is 7. The number of carbonyl (C=O) groups excluding carboxylic acids is 1. The Morgan fingerprint density at radius 3 is 2.64 bits per heavy atom. The molecule has 0 saturated carbocycles. The van der Waals surface area contributed by atoms with Crippen LogP contribution in [0, 0.1) is 5.82 Å². The van der Waals surface area contributed by atoms with Crippen LogP contribution < -0.4 is 20.7 Å². The van der Waals surface area contributed by atoms with Crippen molar-refractivity contribution in [1.29, 1.82) is 0 Å². The molecule has 3 N–H and O–H groups in total. The van der Waals surface area contributed by atoms with Crippen molar-refractivity contribution in [1.82, 2.24) is 20.1 Å². The third kappa shape index (κ3) is 6.05. The molecule has 0 spiro atoms. The predicted molar refractivity (Wildman–Crippen MR) is 165 cm³/mol. The number of nitrogens with one attached hydrogen (secondary N) is 3. The second kappa shape index (κ2) is 11.8. The normalized spacial score (nSPS) is 12.7. The Bertz CT molecular complexity index is 1760. The summed E-state index contributed by atoms with van der Waals surface area (Å²) in [6.45, 7) is 6.08. The van der Waals surface area contributed by atoms with E-state index in [1.165, 1.54) is 23.3 Å². The minimum atomic E-state index is -0.610. The molecule has 1 aliphatic heterocycles. The number of fused-ring (bicyclic) bond motifs is 1. The first-order chi connectivity index (χ1) is 20.3. The van der Waals surface area contributed by atoms with Crippen molar-refractivity contribution in [2.45, 2.75) is 32.7 Å². The Morgan fingerprint density at radius 1 is 1.02 bits per heavy atom. The lowest BCUT2D eigenvalue weighted by Gasteiger charge is -2.18. The van der Waals surface area contributed by atoms with E-state index in [4.69, 9.17) is 4.74 Å². The summed E-state index contributed by atoms with van der Waals surface area (Å²) in [5, 5.41) is 13.2. The number of amides is 2. The fourth-order valence-corrected chi connectivity index (χ4v) is 5.99. The fourth-order valence-electron chi connectivity index (χ4n) is 4.88. The molecule has 42 heavy (non-hydrogen) atoms. The van der Waals surface area contributed by atoms with E-state index in [1.807, 2.05) is 19.3 Å². The van der Waals surface area contributed by atoms with E-state index in [1.54, 1.807) is 46.6 Å². The third-order valence-corrected chi connectivity index (χ3v) is 8.56. The highest BCUT2D eigenvalue weighted by Crippen LogP contribution is 2.40. The molecule has 3 aromatic heterocycles. The Labute approximate surface area is 247 Å². The average molecular weight is 583 g/mol. The number of thiophene rings is 1. The van der Waals surface area contributed by atoms with Crippen LogP contribution in [0.25, 0.3) is 21.7 Å². The molecule has 0 aliphatic carbocycles. The van der Waals surface area contributed by atoms with Crippen molar-refractivity contribution in [2.75, 3.05) is 17.2 Å². The molecule has 0 fully saturated rings. The number of ether oxygens (including phenoxy) is 1. The third-order valence-electron chi connectivity index (χ3n) is 7.08. The number of hydrogen-bond donors (Lipinski definition) is 3. The number of hydrogen-bond acceptors (Lipinski definition) is 6. The molecular weight excluding hydrogens is 551 g/mol. The zero-order valence-electron chi connectivity index (χ0n) is 23.6. The molecule has 0 atom stereocenters. The molecule has 2 aromatic carbocycles. The fraction of sp³-hybridized carbons (Fsp3) is 0.219. The van der Waals surface area contributed by atoms with Gasteiger partial charge in [0.25, 0.3) is 0 Å². The zero-order chi connectivity index (χ0) is 29.2. The van der Waals surface area contributed by atoms with Gasteiger partial charge in [0.15, 0.2) is 0 Å². The van der Waals surface area contributed by atoms with Crippen LogP contribution in [0.3, 0.4) is 0 Å². The highest BCUT2D eigenvalue weighted by atomic mass is 32.1. The number of carbonyl (C=O) groups is 1. The minimum absolute atomic E-state index is 0.0489. The number of nitrogens with zero attached hydrogens (tertiary/aromatic N) is 3. The standard InChI is InChI=1S/C32H31FN6O2S/c1-19(2)30-15-29(31(42-30)21-4-5-22-16-34-10-8-20(22)12-21)38-32(40)37-27-7-6-24(13-26(27)33)41-25-9-11-35-28(14-25)23-17-36-39(3)18-23/h4-7,9,11-15,17-19,34H,8,10,16H2,1-3H3,(H2,37,38,40). The molecular formula is C32H31FN6O2S. The predicted octanol–water partition coefficient (Wildman–Crippen LogP) is 7.56. The van der Waals surface area contributed by atoms with Gasteiger partial charge in [-0.2, -0.15) is 5.10 Å². The second-order valence-corrected chi connectivity index (χ2v) is 11.6. The molecule has 0 radical (unpaired) electrons. The largest absolute Gasteiger partial charge is 0.457 e. The summed E-state index contributed by atoms with van der Waals surface area (Å²) in [4.78, 5) is 19.5. The Hall–Kier alpha value is -4.54. The van der Waals surface area contributed by atoms with Crippen LogP contribution in [0.1, 0.15) is 35.8 Å². The van der Waals surface area contributed by atoms with Crippen LogP contribution in [-0.4, -0.2) is 27.3 Å². The van der Waals surface area contributed by atoms with E-state index in [0.717, 1.165) is 40.4 Å². The summed E-state index contributed by atoms with van der Waals surface area (Å²) in [6.07, 6.45) is 6.16. The summed E-state index contributed by atoms with van der Waals surface area (Å²) in [6, 6.07) is 15.8. The van der Waals surface area contributed by atoms with Gasteiger partial charge in [-0.3, -0.25) is 9.67 Å². The van der Waals surface area contributed by atoms with Crippen molar-refractivity contribution in [3.05, 3.63) is 95.0 Å². The van der Waals surface area contributed by atoms with Crippen LogP contribution in [-0.2, 0) is 20.0 Å². The monoisotopic (exact) mass is 582 g/mol. The lowest BCUT2D eigenvalue weighted by atomic mass is 9.97. The molecule has 2 amide bonds. The topological polar surface area (TPSA) is 93.1 Å². The number of pyridine rings is 1. The molecule has 8 nitrogen and oxygen atoms in total. The van der Waals surface area contributed by atoms with Gasteiger partial charge in [-0.15, -0.1) is 11.3 Å². The quantitative estimate of drug-likeness (QED) is 0.184. The molecule has 10 heteroatoms. The zero-order valence-corrected chi connectivity index (χ0v) is 24.4. The summed E-state index contributed by atoms with van der Waals surface area (Å²) >= 11 is 1.67.